The molecule has 0 saturated carbocycles. The van der Waals surface area contributed by atoms with Crippen LogP contribution in [0.5, 0.6) is 0 Å². The second kappa shape index (κ2) is 2.57. The first-order valence-electron chi connectivity index (χ1n) is 4.12. The van der Waals surface area contributed by atoms with Gasteiger partial charge in [-0.25, -0.2) is 0 Å². The van der Waals surface area contributed by atoms with Crippen molar-refractivity contribution in [3.63, 3.8) is 0 Å². The van der Waals surface area contributed by atoms with E-state index in [-0.39, 0.29) is 0 Å². The van der Waals surface area contributed by atoms with Crippen LogP contribution in [0.2, 0.25) is 0 Å². The van der Waals surface area contributed by atoms with Crippen molar-refractivity contribution in [2.75, 3.05) is 11.9 Å². The third-order valence-corrected chi connectivity index (χ3v) is 2.21. The molecule has 11 heavy (non-hydrogen) atoms. The van der Waals surface area contributed by atoms with Gasteiger partial charge in [-0.2, -0.15) is 0 Å². The zero-order valence-corrected chi connectivity index (χ0v) is 6.78. The summed E-state index contributed by atoms with van der Waals surface area (Å²) < 4.78 is 0. The molecular formula is C10H12N. The zero-order chi connectivity index (χ0) is 7.68. The normalized spacial score (nSPS) is 15.4. The van der Waals surface area contributed by atoms with Crippen molar-refractivity contribution in [1.29, 1.82) is 0 Å². The maximum absolute atomic E-state index is 3.40. The predicted molar refractivity (Wildman–Crippen MR) is 46.8 cm³/mol. The van der Waals surface area contributed by atoms with Crippen LogP contribution in [-0.4, -0.2) is 6.54 Å². The highest BCUT2D eigenvalue weighted by atomic mass is 14.9. The summed E-state index contributed by atoms with van der Waals surface area (Å²) in [5, 5.41) is 3.40. The van der Waals surface area contributed by atoms with Gasteiger partial charge in [0.15, 0.2) is 0 Å². The first kappa shape index (κ1) is 6.71. The van der Waals surface area contributed by atoms with E-state index in [4.69, 9.17) is 0 Å². The number of hydrogen-bond acceptors (Lipinski definition) is 1. The molecule has 0 unspecified atom stereocenters. The van der Waals surface area contributed by atoms with Crippen LogP contribution >= 0.6 is 0 Å². The fourth-order valence-electron chi connectivity index (χ4n) is 1.61. The van der Waals surface area contributed by atoms with Gasteiger partial charge in [-0.15, -0.1) is 0 Å². The lowest BCUT2D eigenvalue weighted by Gasteiger charge is -2.19. The molecule has 0 aromatic heterocycles. The van der Waals surface area contributed by atoms with Crippen molar-refractivity contribution >= 4 is 5.69 Å². The smallest absolute Gasteiger partial charge is 0.0408 e. The molecule has 0 bridgehead atoms. The number of rotatable bonds is 0. The van der Waals surface area contributed by atoms with Gasteiger partial charge in [0, 0.05) is 12.2 Å². The molecule has 1 radical (unpaired) electrons. The van der Waals surface area contributed by atoms with Gasteiger partial charge >= 0.3 is 0 Å². The minimum absolute atomic E-state index is 1.12. The van der Waals surface area contributed by atoms with Crippen LogP contribution in [0.3, 0.4) is 0 Å². The second-order valence-electron chi connectivity index (χ2n) is 3.03. The maximum Gasteiger partial charge on any atom is 0.0408 e. The molecule has 1 aliphatic rings. The van der Waals surface area contributed by atoms with Gasteiger partial charge in [-0.1, -0.05) is 12.1 Å². The van der Waals surface area contributed by atoms with E-state index in [9.17, 15) is 0 Å². The number of aryl methyl sites for hydroxylation is 2. The molecule has 1 aliphatic heterocycles. The van der Waals surface area contributed by atoms with Gasteiger partial charge in [0.25, 0.3) is 0 Å². The summed E-state index contributed by atoms with van der Waals surface area (Å²) >= 11 is 0. The summed E-state index contributed by atoms with van der Waals surface area (Å²) in [6.07, 6.45) is 2.48. The molecule has 0 amide bonds. The molecule has 1 aromatic carbocycles. The molecule has 1 nitrogen and oxygen atoms in total. The van der Waals surface area contributed by atoms with E-state index in [1.807, 2.05) is 6.07 Å². The standard InChI is InChI=1S/C10H12N/c1-8-4-2-5-9-6-3-7-11-10(8)9/h2,5,11H,3,6-7H2,1H3. The Bertz CT molecular complexity index is 266. The van der Waals surface area contributed by atoms with Crippen LogP contribution in [0.1, 0.15) is 17.5 Å². The summed E-state index contributed by atoms with van der Waals surface area (Å²) in [5.74, 6) is 0. The van der Waals surface area contributed by atoms with Crippen LogP contribution in [0.25, 0.3) is 0 Å². The summed E-state index contributed by atoms with van der Waals surface area (Å²) in [4.78, 5) is 0. The Labute approximate surface area is 67.4 Å². The SMILES string of the molecule is Cc1[c]ccc2c1NCCC2. The monoisotopic (exact) mass is 146 g/mol. The highest BCUT2D eigenvalue weighted by Crippen LogP contribution is 2.24. The molecule has 2 rings (SSSR count). The molecule has 0 atom stereocenters. The largest absolute Gasteiger partial charge is 0.385 e. The number of hydrogen-bond donors (Lipinski definition) is 1. The molecule has 1 heteroatoms. The number of benzene rings is 1. The van der Waals surface area contributed by atoms with Crippen molar-refractivity contribution < 1.29 is 0 Å². The average molecular weight is 146 g/mol. The Balaban J connectivity index is 2.49. The summed E-state index contributed by atoms with van der Waals surface area (Å²) in [5.41, 5.74) is 4.02. The molecule has 0 aliphatic carbocycles. The van der Waals surface area contributed by atoms with Gasteiger partial charge in [-0.3, -0.25) is 0 Å². The van der Waals surface area contributed by atoms with E-state index in [1.165, 1.54) is 29.7 Å². The Kier molecular flexibility index (Phi) is 1.57. The van der Waals surface area contributed by atoms with E-state index >= 15 is 0 Å². The van der Waals surface area contributed by atoms with E-state index in [0.717, 1.165) is 6.54 Å². The Morgan fingerprint density at radius 1 is 1.55 bits per heavy atom. The molecule has 0 saturated heterocycles. The van der Waals surface area contributed by atoms with Crippen LogP contribution in [0, 0.1) is 13.0 Å². The van der Waals surface area contributed by atoms with Gasteiger partial charge in [0.05, 0.1) is 0 Å². The third-order valence-electron chi connectivity index (χ3n) is 2.21. The molecule has 57 valence electrons. The van der Waals surface area contributed by atoms with Gasteiger partial charge in [0.2, 0.25) is 0 Å². The first-order chi connectivity index (χ1) is 5.38. The zero-order valence-electron chi connectivity index (χ0n) is 6.78. The molecule has 0 fully saturated rings. The fourth-order valence-corrected chi connectivity index (χ4v) is 1.61. The van der Waals surface area contributed by atoms with Gasteiger partial charge in [-0.05, 0) is 37.0 Å². The quantitative estimate of drug-likeness (QED) is 0.591. The number of fused-ring (bicyclic) bond motifs is 1. The molecule has 0 spiro atoms. The average Bonchev–Trinajstić information content (AvgIpc) is 2.06. The maximum atomic E-state index is 3.40. The van der Waals surface area contributed by atoms with Crippen molar-refractivity contribution in [3.8, 4) is 0 Å². The van der Waals surface area contributed by atoms with Gasteiger partial charge in [0.1, 0.15) is 0 Å². The Hall–Kier alpha value is -0.980. The van der Waals surface area contributed by atoms with E-state index < -0.39 is 0 Å². The molecule has 1 heterocycles. The van der Waals surface area contributed by atoms with Crippen molar-refractivity contribution in [2.24, 2.45) is 0 Å². The highest BCUT2D eigenvalue weighted by molar-refractivity contribution is 5.58. The van der Waals surface area contributed by atoms with E-state index in [0.29, 0.717) is 0 Å². The van der Waals surface area contributed by atoms with Crippen molar-refractivity contribution in [2.45, 2.75) is 19.8 Å². The summed E-state index contributed by atoms with van der Waals surface area (Å²) in [7, 11) is 0. The summed E-state index contributed by atoms with van der Waals surface area (Å²) in [6.45, 7) is 3.23. The van der Waals surface area contributed by atoms with Crippen molar-refractivity contribution in [1.82, 2.24) is 0 Å². The topological polar surface area (TPSA) is 12.0 Å². The van der Waals surface area contributed by atoms with Crippen LogP contribution < -0.4 is 5.32 Å². The van der Waals surface area contributed by atoms with Crippen molar-refractivity contribution in [3.05, 3.63) is 29.3 Å². The Morgan fingerprint density at radius 2 is 2.45 bits per heavy atom. The second-order valence-corrected chi connectivity index (χ2v) is 3.03. The fraction of sp³-hybridized carbons (Fsp3) is 0.400. The lowest BCUT2D eigenvalue weighted by molar-refractivity contribution is 0.827. The van der Waals surface area contributed by atoms with Crippen LogP contribution in [0.15, 0.2) is 12.1 Å². The molecule has 1 N–H and O–H groups in total. The van der Waals surface area contributed by atoms with E-state index in [1.54, 1.807) is 0 Å². The molecular weight excluding hydrogens is 134 g/mol. The number of nitrogens with one attached hydrogen (secondary N) is 1. The minimum atomic E-state index is 1.12. The summed E-state index contributed by atoms with van der Waals surface area (Å²) in [6, 6.07) is 7.37. The van der Waals surface area contributed by atoms with E-state index in [2.05, 4.69) is 24.4 Å². The Morgan fingerprint density at radius 3 is 3.27 bits per heavy atom. The van der Waals surface area contributed by atoms with Gasteiger partial charge < -0.3 is 5.32 Å². The lowest BCUT2D eigenvalue weighted by Crippen LogP contribution is -2.12. The minimum Gasteiger partial charge on any atom is -0.385 e. The highest BCUT2D eigenvalue weighted by Gasteiger charge is 2.08. The first-order valence-corrected chi connectivity index (χ1v) is 4.12. The van der Waals surface area contributed by atoms with Crippen LogP contribution in [0.4, 0.5) is 5.69 Å². The number of anilines is 1. The third kappa shape index (κ3) is 1.11. The lowest BCUT2D eigenvalue weighted by atomic mass is 10.0. The predicted octanol–water partition coefficient (Wildman–Crippen LogP) is 2.15. The van der Waals surface area contributed by atoms with Crippen LogP contribution in [-0.2, 0) is 6.42 Å². The molecule has 1 aromatic rings.